The molecule has 3 aliphatic rings. The Balaban J connectivity index is 1.54. The maximum atomic E-state index is 5.09. The molecule has 1 unspecified atom stereocenters. The van der Waals surface area contributed by atoms with Gasteiger partial charge in [0.05, 0.1) is 0 Å². The summed E-state index contributed by atoms with van der Waals surface area (Å²) in [5.74, 6) is 2.19. The summed E-state index contributed by atoms with van der Waals surface area (Å²) in [5, 5.41) is 3.53. The van der Waals surface area contributed by atoms with Gasteiger partial charge in [-0.05, 0) is 36.8 Å². The molecule has 1 saturated carbocycles. The summed E-state index contributed by atoms with van der Waals surface area (Å²) in [7, 11) is 0. The normalized spacial score (nSPS) is 26.3. The number of piperazine rings is 1. The quantitative estimate of drug-likeness (QED) is 0.905. The zero-order valence-electron chi connectivity index (χ0n) is 13.0. The predicted octanol–water partition coefficient (Wildman–Crippen LogP) is 2.93. The third-order valence-corrected chi connectivity index (χ3v) is 5.61. The van der Waals surface area contributed by atoms with E-state index in [1.54, 1.807) is 0 Å². The van der Waals surface area contributed by atoms with Gasteiger partial charge >= 0.3 is 0 Å². The van der Waals surface area contributed by atoms with E-state index in [9.17, 15) is 0 Å². The predicted molar refractivity (Wildman–Crippen MR) is 86.8 cm³/mol. The van der Waals surface area contributed by atoms with E-state index >= 15 is 0 Å². The van der Waals surface area contributed by atoms with Crippen molar-refractivity contribution in [3.63, 3.8) is 0 Å². The molecule has 3 nitrogen and oxygen atoms in total. The van der Waals surface area contributed by atoms with Gasteiger partial charge in [-0.1, -0.05) is 38.2 Å². The highest BCUT2D eigenvalue weighted by Gasteiger charge is 2.29. The van der Waals surface area contributed by atoms with Crippen LogP contribution in [0.5, 0.6) is 0 Å². The number of fused-ring (bicyclic) bond motifs is 3. The smallest absolute Gasteiger partial charge is 0.132 e. The third kappa shape index (κ3) is 2.80. The van der Waals surface area contributed by atoms with E-state index in [4.69, 9.17) is 4.98 Å². The Morgan fingerprint density at radius 1 is 1.14 bits per heavy atom. The summed E-state index contributed by atoms with van der Waals surface area (Å²) in [6, 6.07) is 5.33. The van der Waals surface area contributed by atoms with Gasteiger partial charge in [-0.2, -0.15) is 0 Å². The van der Waals surface area contributed by atoms with Crippen LogP contribution in [0.15, 0.2) is 12.1 Å². The number of hydrogen-bond donors (Lipinski definition) is 1. The molecule has 0 bridgehead atoms. The lowest BCUT2D eigenvalue weighted by Crippen LogP contribution is -2.53. The zero-order chi connectivity index (χ0) is 14.1. The molecule has 1 aromatic rings. The van der Waals surface area contributed by atoms with Gasteiger partial charge in [-0.25, -0.2) is 4.98 Å². The van der Waals surface area contributed by atoms with Gasteiger partial charge in [0.1, 0.15) is 5.82 Å². The van der Waals surface area contributed by atoms with Crippen LogP contribution in [0.2, 0.25) is 0 Å². The Hall–Kier alpha value is -1.09. The van der Waals surface area contributed by atoms with Crippen molar-refractivity contribution in [3.8, 4) is 0 Å². The van der Waals surface area contributed by atoms with Crippen molar-refractivity contribution in [1.82, 2.24) is 10.3 Å². The van der Waals surface area contributed by atoms with E-state index in [0.29, 0.717) is 6.04 Å². The molecule has 0 amide bonds. The largest absolute Gasteiger partial charge is 0.351 e. The number of anilines is 1. The second-order valence-corrected chi connectivity index (χ2v) is 7.08. The molecule has 3 heterocycles. The minimum atomic E-state index is 0.670. The number of aromatic nitrogens is 1. The summed E-state index contributed by atoms with van der Waals surface area (Å²) in [5.41, 5.74) is 2.81. The van der Waals surface area contributed by atoms with Crippen LogP contribution in [0.1, 0.15) is 49.8 Å². The molecule has 0 spiro atoms. The Bertz CT molecular complexity index is 493. The number of aryl methyl sites for hydroxylation is 1. The molecular formula is C18H27N3. The Morgan fingerprint density at radius 3 is 2.95 bits per heavy atom. The second kappa shape index (κ2) is 5.96. The fraction of sp³-hybridized carbons (Fsp3) is 0.722. The van der Waals surface area contributed by atoms with E-state index in [0.717, 1.165) is 25.6 Å². The molecule has 1 aliphatic carbocycles. The first-order valence-corrected chi connectivity index (χ1v) is 8.86. The average Bonchev–Trinajstić information content (AvgIpc) is 2.56. The average molecular weight is 285 g/mol. The number of hydrogen-bond acceptors (Lipinski definition) is 3. The maximum Gasteiger partial charge on any atom is 0.132 e. The molecule has 2 fully saturated rings. The van der Waals surface area contributed by atoms with Crippen molar-refractivity contribution in [2.24, 2.45) is 5.92 Å². The van der Waals surface area contributed by atoms with E-state index in [1.165, 1.54) is 68.4 Å². The fourth-order valence-electron chi connectivity index (χ4n) is 4.38. The van der Waals surface area contributed by atoms with Gasteiger partial charge in [-0.15, -0.1) is 0 Å². The van der Waals surface area contributed by atoms with Crippen LogP contribution in [0, 0.1) is 5.92 Å². The van der Waals surface area contributed by atoms with Gasteiger partial charge in [0, 0.05) is 31.4 Å². The standard InChI is InChI=1S/C18H27N3/c1-2-4-14(5-3-1)12-16-8-6-15-7-9-17-13-19-10-11-21(17)18(15)20-16/h6,8,14,17,19H,1-5,7,9-13H2. The maximum absolute atomic E-state index is 5.09. The lowest BCUT2D eigenvalue weighted by molar-refractivity contribution is 0.354. The van der Waals surface area contributed by atoms with Crippen LogP contribution in [-0.2, 0) is 12.8 Å². The minimum absolute atomic E-state index is 0.670. The van der Waals surface area contributed by atoms with Gasteiger partial charge < -0.3 is 10.2 Å². The molecule has 0 radical (unpaired) electrons. The van der Waals surface area contributed by atoms with Crippen LogP contribution >= 0.6 is 0 Å². The van der Waals surface area contributed by atoms with Crippen molar-refractivity contribution in [2.45, 2.75) is 57.4 Å². The van der Waals surface area contributed by atoms with Crippen molar-refractivity contribution in [1.29, 1.82) is 0 Å². The van der Waals surface area contributed by atoms with E-state index in [1.807, 2.05) is 0 Å². The van der Waals surface area contributed by atoms with Crippen molar-refractivity contribution in [2.75, 3.05) is 24.5 Å². The second-order valence-electron chi connectivity index (χ2n) is 7.08. The molecule has 1 N–H and O–H groups in total. The Morgan fingerprint density at radius 2 is 2.05 bits per heavy atom. The molecule has 1 saturated heterocycles. The highest BCUT2D eigenvalue weighted by Crippen LogP contribution is 2.32. The SMILES string of the molecule is c1cc2c(nc1CC1CCCCC1)N1CCNCC1CC2. The zero-order valence-corrected chi connectivity index (χ0v) is 13.0. The van der Waals surface area contributed by atoms with Crippen LogP contribution in [-0.4, -0.2) is 30.7 Å². The molecule has 114 valence electrons. The molecule has 3 heteroatoms. The van der Waals surface area contributed by atoms with Crippen LogP contribution in [0.3, 0.4) is 0 Å². The Labute approximate surface area is 128 Å². The number of nitrogens with one attached hydrogen (secondary N) is 1. The summed E-state index contributed by atoms with van der Waals surface area (Å²) in [6.45, 7) is 3.36. The third-order valence-electron chi connectivity index (χ3n) is 5.61. The van der Waals surface area contributed by atoms with Gasteiger partial charge in [0.2, 0.25) is 0 Å². The summed E-state index contributed by atoms with van der Waals surface area (Å²) < 4.78 is 0. The topological polar surface area (TPSA) is 28.2 Å². The first-order valence-electron chi connectivity index (χ1n) is 8.86. The molecule has 0 aromatic carbocycles. The molecular weight excluding hydrogens is 258 g/mol. The van der Waals surface area contributed by atoms with Gasteiger partial charge in [0.15, 0.2) is 0 Å². The van der Waals surface area contributed by atoms with Crippen LogP contribution in [0.25, 0.3) is 0 Å². The van der Waals surface area contributed by atoms with Crippen LogP contribution in [0.4, 0.5) is 5.82 Å². The monoisotopic (exact) mass is 285 g/mol. The molecule has 1 aromatic heterocycles. The van der Waals surface area contributed by atoms with Gasteiger partial charge in [0.25, 0.3) is 0 Å². The van der Waals surface area contributed by atoms with Gasteiger partial charge in [-0.3, -0.25) is 0 Å². The number of nitrogens with zero attached hydrogens (tertiary/aromatic N) is 2. The number of pyridine rings is 1. The molecule has 2 aliphatic heterocycles. The van der Waals surface area contributed by atoms with E-state index in [2.05, 4.69) is 22.3 Å². The Kier molecular flexibility index (Phi) is 3.85. The fourth-order valence-corrected chi connectivity index (χ4v) is 4.38. The molecule has 4 rings (SSSR count). The van der Waals surface area contributed by atoms with E-state index in [-0.39, 0.29) is 0 Å². The summed E-state index contributed by atoms with van der Waals surface area (Å²) in [6.07, 6.45) is 10.8. The summed E-state index contributed by atoms with van der Waals surface area (Å²) >= 11 is 0. The minimum Gasteiger partial charge on any atom is -0.351 e. The van der Waals surface area contributed by atoms with Crippen molar-refractivity contribution >= 4 is 5.82 Å². The first-order chi connectivity index (χ1) is 10.4. The first kappa shape index (κ1) is 13.6. The lowest BCUT2D eigenvalue weighted by Gasteiger charge is -2.41. The van der Waals surface area contributed by atoms with Crippen molar-refractivity contribution < 1.29 is 0 Å². The highest BCUT2D eigenvalue weighted by atomic mass is 15.3. The molecule has 1 atom stereocenters. The van der Waals surface area contributed by atoms with Crippen LogP contribution < -0.4 is 10.2 Å². The highest BCUT2D eigenvalue weighted by molar-refractivity contribution is 5.52. The van der Waals surface area contributed by atoms with Crippen molar-refractivity contribution in [3.05, 3.63) is 23.4 Å². The lowest BCUT2D eigenvalue weighted by atomic mass is 9.86. The van der Waals surface area contributed by atoms with E-state index < -0.39 is 0 Å². The summed E-state index contributed by atoms with van der Waals surface area (Å²) in [4.78, 5) is 7.66. The molecule has 21 heavy (non-hydrogen) atoms. The number of rotatable bonds is 2.